The molecule has 0 radical (unpaired) electrons. The number of aliphatic carboxylic acids is 1. The number of amides is 1. The molecular formula is C33H39F3N4O4. The molecule has 2 heterocycles. The fourth-order valence-corrected chi connectivity index (χ4v) is 5.74. The number of carboxylic acid groups (broad SMARTS) is 1. The zero-order valence-electron chi connectivity index (χ0n) is 25.7. The lowest BCUT2D eigenvalue weighted by atomic mass is 9.92. The van der Waals surface area contributed by atoms with Crippen molar-refractivity contribution in [2.24, 2.45) is 5.92 Å². The molecule has 236 valence electrons. The number of nitrogens with zero attached hydrogens (tertiary/aromatic N) is 3. The van der Waals surface area contributed by atoms with Crippen molar-refractivity contribution in [3.05, 3.63) is 86.3 Å². The summed E-state index contributed by atoms with van der Waals surface area (Å²) in [6, 6.07) is 6.73. The molecule has 2 aromatic carbocycles. The zero-order valence-corrected chi connectivity index (χ0v) is 25.7. The Morgan fingerprint density at radius 2 is 1.73 bits per heavy atom. The summed E-state index contributed by atoms with van der Waals surface area (Å²) >= 11 is 0. The monoisotopic (exact) mass is 612 g/mol. The number of carboxylic acids is 1. The minimum atomic E-state index is -1.44. The normalized spacial score (nSPS) is 15.2. The maximum absolute atomic E-state index is 15.3. The number of benzene rings is 2. The molecule has 0 spiro atoms. The van der Waals surface area contributed by atoms with Gasteiger partial charge in [-0.2, -0.15) is 5.10 Å². The van der Waals surface area contributed by atoms with Gasteiger partial charge in [0.15, 0.2) is 11.6 Å². The van der Waals surface area contributed by atoms with Gasteiger partial charge in [-0.15, -0.1) is 0 Å². The molecular weight excluding hydrogens is 573 g/mol. The minimum absolute atomic E-state index is 0.0776. The Morgan fingerprint density at radius 1 is 1.07 bits per heavy atom. The molecule has 0 saturated carbocycles. The van der Waals surface area contributed by atoms with Crippen LogP contribution in [0.2, 0.25) is 0 Å². The van der Waals surface area contributed by atoms with E-state index in [1.54, 1.807) is 6.92 Å². The summed E-state index contributed by atoms with van der Waals surface area (Å²) in [5.41, 5.74) is 3.03. The molecule has 1 aliphatic rings. The van der Waals surface area contributed by atoms with Crippen LogP contribution in [0.3, 0.4) is 0 Å². The zero-order chi connectivity index (χ0) is 32.3. The first kappa shape index (κ1) is 32.9. The first-order valence-corrected chi connectivity index (χ1v) is 14.8. The van der Waals surface area contributed by atoms with Gasteiger partial charge in [-0.05, 0) is 73.1 Å². The molecule has 1 saturated heterocycles. The summed E-state index contributed by atoms with van der Waals surface area (Å²) in [4.78, 5) is 40.8. The van der Waals surface area contributed by atoms with Crippen molar-refractivity contribution >= 4 is 11.9 Å². The topological polar surface area (TPSA) is 105 Å². The highest BCUT2D eigenvalue weighted by Gasteiger charge is 2.31. The van der Waals surface area contributed by atoms with Crippen LogP contribution in [0.15, 0.2) is 41.2 Å². The number of aromatic nitrogens is 2. The van der Waals surface area contributed by atoms with Gasteiger partial charge in [-0.3, -0.25) is 19.3 Å². The highest BCUT2D eigenvalue weighted by atomic mass is 19.2. The van der Waals surface area contributed by atoms with Crippen LogP contribution in [-0.2, 0) is 16.0 Å². The van der Waals surface area contributed by atoms with Gasteiger partial charge >= 0.3 is 5.97 Å². The van der Waals surface area contributed by atoms with E-state index in [9.17, 15) is 23.9 Å². The average Bonchev–Trinajstić information content (AvgIpc) is 2.91. The molecule has 2 atom stereocenters. The van der Waals surface area contributed by atoms with E-state index in [1.165, 1.54) is 12.1 Å². The van der Waals surface area contributed by atoms with Gasteiger partial charge in [0.2, 0.25) is 5.91 Å². The number of halogens is 3. The summed E-state index contributed by atoms with van der Waals surface area (Å²) in [7, 11) is 0. The second-order valence-electron chi connectivity index (χ2n) is 12.1. The van der Waals surface area contributed by atoms with E-state index in [4.69, 9.17) is 0 Å². The van der Waals surface area contributed by atoms with Gasteiger partial charge in [0.05, 0.1) is 18.2 Å². The Balaban J connectivity index is 1.71. The molecule has 2 N–H and O–H groups in total. The molecule has 1 aromatic heterocycles. The Kier molecular flexibility index (Phi) is 10.3. The van der Waals surface area contributed by atoms with E-state index < -0.39 is 53.7 Å². The van der Waals surface area contributed by atoms with E-state index in [0.717, 1.165) is 21.9 Å². The molecule has 3 aromatic rings. The van der Waals surface area contributed by atoms with E-state index in [2.05, 4.69) is 10.4 Å². The third kappa shape index (κ3) is 7.56. The SMILES string of the molecule is Cc1cc(=O)n([C@@H](CC(C)C)C(=O)N[C@@H](CC(=O)O)c2cc(-c3c(C)cccc3C)cc(F)c2F)nc1CCN1CC(F)C1. The molecule has 0 unspecified atom stereocenters. The van der Waals surface area contributed by atoms with Crippen LogP contribution in [0.1, 0.15) is 66.7 Å². The second-order valence-corrected chi connectivity index (χ2v) is 12.1. The van der Waals surface area contributed by atoms with Crippen LogP contribution in [0.4, 0.5) is 13.2 Å². The largest absolute Gasteiger partial charge is 0.481 e. The van der Waals surface area contributed by atoms with Gasteiger partial charge in [-0.1, -0.05) is 32.0 Å². The van der Waals surface area contributed by atoms with Gasteiger partial charge < -0.3 is 10.4 Å². The van der Waals surface area contributed by atoms with Crippen molar-refractivity contribution < 1.29 is 27.9 Å². The molecule has 1 aliphatic heterocycles. The van der Waals surface area contributed by atoms with Crippen LogP contribution in [0, 0.1) is 38.3 Å². The predicted octanol–water partition coefficient (Wildman–Crippen LogP) is 5.23. The quantitative estimate of drug-likeness (QED) is 0.290. The van der Waals surface area contributed by atoms with Crippen LogP contribution in [0.5, 0.6) is 0 Å². The number of aryl methyl sites for hydroxylation is 3. The number of alkyl halides is 1. The summed E-state index contributed by atoms with van der Waals surface area (Å²) in [6.45, 7) is 10.3. The fourth-order valence-electron chi connectivity index (χ4n) is 5.74. The third-order valence-electron chi connectivity index (χ3n) is 8.02. The van der Waals surface area contributed by atoms with E-state index in [0.29, 0.717) is 48.4 Å². The predicted molar refractivity (Wildman–Crippen MR) is 161 cm³/mol. The molecule has 1 amide bonds. The van der Waals surface area contributed by atoms with Crippen LogP contribution in [0.25, 0.3) is 11.1 Å². The minimum Gasteiger partial charge on any atom is -0.481 e. The van der Waals surface area contributed by atoms with Gasteiger partial charge in [0, 0.05) is 37.7 Å². The van der Waals surface area contributed by atoms with E-state index in [1.807, 2.05) is 50.8 Å². The van der Waals surface area contributed by atoms with Gasteiger partial charge in [0.25, 0.3) is 5.56 Å². The fraction of sp³-hybridized carbons (Fsp3) is 0.455. The smallest absolute Gasteiger partial charge is 0.305 e. The van der Waals surface area contributed by atoms with Crippen molar-refractivity contribution in [3.8, 4) is 11.1 Å². The van der Waals surface area contributed by atoms with Gasteiger partial charge in [-0.25, -0.2) is 17.9 Å². The van der Waals surface area contributed by atoms with Gasteiger partial charge in [0.1, 0.15) is 12.2 Å². The maximum Gasteiger partial charge on any atom is 0.305 e. The lowest BCUT2D eigenvalue weighted by Gasteiger charge is -2.34. The third-order valence-corrected chi connectivity index (χ3v) is 8.02. The number of rotatable bonds is 12. The molecule has 44 heavy (non-hydrogen) atoms. The summed E-state index contributed by atoms with van der Waals surface area (Å²) in [6.07, 6.45) is -0.961. The molecule has 11 heteroatoms. The van der Waals surface area contributed by atoms with E-state index in [-0.39, 0.29) is 17.9 Å². The van der Waals surface area contributed by atoms with Crippen LogP contribution < -0.4 is 10.9 Å². The highest BCUT2D eigenvalue weighted by Crippen LogP contribution is 2.33. The van der Waals surface area contributed by atoms with Crippen LogP contribution in [-0.4, -0.2) is 57.5 Å². The Bertz CT molecular complexity index is 1580. The number of nitrogens with one attached hydrogen (secondary N) is 1. The van der Waals surface area contributed by atoms with E-state index >= 15 is 8.78 Å². The molecule has 0 bridgehead atoms. The van der Waals surface area contributed by atoms with Crippen molar-refractivity contribution in [3.63, 3.8) is 0 Å². The molecule has 1 fully saturated rings. The highest BCUT2D eigenvalue weighted by molar-refractivity contribution is 5.82. The lowest BCUT2D eigenvalue weighted by Crippen LogP contribution is -2.49. The summed E-state index contributed by atoms with van der Waals surface area (Å²) in [5.74, 6) is -4.59. The first-order chi connectivity index (χ1) is 20.7. The lowest BCUT2D eigenvalue weighted by molar-refractivity contribution is -0.138. The molecule has 4 rings (SSSR count). The summed E-state index contributed by atoms with van der Waals surface area (Å²) in [5, 5.41) is 16.8. The Labute approximate surface area is 254 Å². The first-order valence-electron chi connectivity index (χ1n) is 14.8. The summed E-state index contributed by atoms with van der Waals surface area (Å²) < 4.78 is 44.7. The molecule has 8 nitrogen and oxygen atoms in total. The molecule has 0 aliphatic carbocycles. The Morgan fingerprint density at radius 3 is 2.32 bits per heavy atom. The van der Waals surface area contributed by atoms with Crippen molar-refractivity contribution in [1.29, 1.82) is 0 Å². The maximum atomic E-state index is 15.3. The number of hydrogen-bond acceptors (Lipinski definition) is 5. The van der Waals surface area contributed by atoms with Crippen molar-refractivity contribution in [1.82, 2.24) is 20.0 Å². The Hall–Kier alpha value is -3.99. The number of hydrogen-bond donors (Lipinski definition) is 2. The number of carbonyl (C=O) groups is 2. The number of carbonyl (C=O) groups excluding carboxylic acids is 1. The van der Waals surface area contributed by atoms with Crippen molar-refractivity contribution in [2.75, 3.05) is 19.6 Å². The average molecular weight is 613 g/mol. The second kappa shape index (κ2) is 13.8. The number of likely N-dealkylation sites (tertiary alicyclic amines) is 1. The van der Waals surface area contributed by atoms with Crippen LogP contribution >= 0.6 is 0 Å². The van der Waals surface area contributed by atoms with Crippen molar-refractivity contribution in [2.45, 2.75) is 72.1 Å². The standard InChI is InChI=1S/C33H39F3N4O4/c1-18(2)11-28(40-29(41)12-21(5)26(38-40)9-10-39-16-23(34)17-39)33(44)37-27(15-30(42)43)24-13-22(14-25(35)32(24)36)31-19(3)7-6-8-20(31)4/h6-8,12-14,18,23,27-28H,9-11,15-17H2,1-5H3,(H,37,44)(H,42,43)/t27-,28-/m0/s1.